The maximum absolute atomic E-state index is 5.38. The molecular formula is C23H35N3S. The molecule has 0 aliphatic carbocycles. The van der Waals surface area contributed by atoms with Gasteiger partial charge in [0.25, 0.3) is 0 Å². The third-order valence-electron chi connectivity index (χ3n) is 4.29. The van der Waals surface area contributed by atoms with Crippen LogP contribution in [0, 0.1) is 6.92 Å². The van der Waals surface area contributed by atoms with Gasteiger partial charge in [0.05, 0.1) is 0 Å². The second-order valence-electron chi connectivity index (χ2n) is 7.38. The highest BCUT2D eigenvalue weighted by atomic mass is 32.1. The van der Waals surface area contributed by atoms with Crippen LogP contribution in [0.5, 0.6) is 0 Å². The summed E-state index contributed by atoms with van der Waals surface area (Å²) in [6.07, 6.45) is 0. The summed E-state index contributed by atoms with van der Waals surface area (Å²) >= 11 is 5.38. The molecule has 0 saturated heterocycles. The van der Waals surface area contributed by atoms with Gasteiger partial charge in [0.15, 0.2) is 5.11 Å². The molecule has 3 nitrogen and oxygen atoms in total. The van der Waals surface area contributed by atoms with Gasteiger partial charge in [-0.25, -0.2) is 0 Å². The molecule has 2 rings (SSSR count). The standard InChI is InChI=1S/C21H29N3S.C2H6/c1-15-12-17(8-11-19(15)22-5)14-24-20(25)23-13-16-6-9-18(10-7-16)21(2,3)4;1-2/h6-12,22H,13-14H2,1-5H3,(H2,23,24,25);1-2H3. The number of aryl methyl sites for hydroxylation is 1. The molecule has 0 aliphatic heterocycles. The first-order chi connectivity index (χ1) is 12.8. The van der Waals surface area contributed by atoms with E-state index in [2.05, 4.69) is 86.1 Å². The first-order valence-electron chi connectivity index (χ1n) is 9.68. The van der Waals surface area contributed by atoms with Gasteiger partial charge in [-0.1, -0.05) is 71.0 Å². The van der Waals surface area contributed by atoms with Crippen molar-refractivity contribution >= 4 is 23.0 Å². The van der Waals surface area contributed by atoms with Gasteiger partial charge < -0.3 is 16.0 Å². The average Bonchev–Trinajstić information content (AvgIpc) is 2.66. The number of nitrogens with one attached hydrogen (secondary N) is 3. The van der Waals surface area contributed by atoms with E-state index in [9.17, 15) is 0 Å². The fraction of sp³-hybridized carbons (Fsp3) is 0.435. The molecule has 148 valence electrons. The monoisotopic (exact) mass is 385 g/mol. The van der Waals surface area contributed by atoms with Gasteiger partial charge in [0, 0.05) is 25.8 Å². The second kappa shape index (κ2) is 10.9. The van der Waals surface area contributed by atoms with Gasteiger partial charge in [0.2, 0.25) is 0 Å². The molecule has 0 fully saturated rings. The van der Waals surface area contributed by atoms with E-state index in [1.807, 2.05) is 20.9 Å². The van der Waals surface area contributed by atoms with Gasteiger partial charge in [0.1, 0.15) is 0 Å². The Morgan fingerprint density at radius 3 is 1.89 bits per heavy atom. The van der Waals surface area contributed by atoms with Crippen LogP contribution in [0.15, 0.2) is 42.5 Å². The molecule has 0 aliphatic rings. The zero-order valence-electron chi connectivity index (χ0n) is 17.9. The van der Waals surface area contributed by atoms with E-state index >= 15 is 0 Å². The Morgan fingerprint density at radius 2 is 1.41 bits per heavy atom. The van der Waals surface area contributed by atoms with Crippen molar-refractivity contribution in [2.24, 2.45) is 0 Å². The molecule has 2 aromatic carbocycles. The summed E-state index contributed by atoms with van der Waals surface area (Å²) in [6, 6.07) is 15.1. The SMILES string of the molecule is CC.CNc1ccc(CNC(=S)NCc2ccc(C(C)(C)C)cc2)cc1C. The molecule has 27 heavy (non-hydrogen) atoms. The van der Waals surface area contributed by atoms with E-state index in [1.165, 1.54) is 22.3 Å². The maximum atomic E-state index is 5.38. The van der Waals surface area contributed by atoms with Crippen LogP contribution >= 0.6 is 12.2 Å². The number of rotatable bonds is 5. The lowest BCUT2D eigenvalue weighted by molar-refractivity contribution is 0.590. The van der Waals surface area contributed by atoms with E-state index in [1.54, 1.807) is 0 Å². The van der Waals surface area contributed by atoms with Crippen molar-refractivity contribution in [3.8, 4) is 0 Å². The topological polar surface area (TPSA) is 36.1 Å². The minimum atomic E-state index is 0.184. The molecule has 0 unspecified atom stereocenters. The highest BCUT2D eigenvalue weighted by Gasteiger charge is 2.12. The fourth-order valence-corrected chi connectivity index (χ4v) is 2.81. The molecule has 2 aromatic rings. The van der Waals surface area contributed by atoms with Crippen molar-refractivity contribution in [3.05, 3.63) is 64.7 Å². The summed E-state index contributed by atoms with van der Waals surface area (Å²) in [5.74, 6) is 0. The molecule has 3 N–H and O–H groups in total. The average molecular weight is 386 g/mol. The fourth-order valence-electron chi connectivity index (χ4n) is 2.67. The Morgan fingerprint density at radius 1 is 0.889 bits per heavy atom. The largest absolute Gasteiger partial charge is 0.388 e. The van der Waals surface area contributed by atoms with Crippen molar-refractivity contribution in [1.29, 1.82) is 0 Å². The Labute approximate surface area is 171 Å². The van der Waals surface area contributed by atoms with E-state index in [0.29, 0.717) is 5.11 Å². The van der Waals surface area contributed by atoms with Gasteiger partial charge >= 0.3 is 0 Å². The van der Waals surface area contributed by atoms with Crippen molar-refractivity contribution < 1.29 is 0 Å². The molecular weight excluding hydrogens is 350 g/mol. The smallest absolute Gasteiger partial charge is 0.166 e. The molecule has 4 heteroatoms. The highest BCUT2D eigenvalue weighted by molar-refractivity contribution is 7.80. The number of benzene rings is 2. The van der Waals surface area contributed by atoms with Crippen molar-refractivity contribution in [2.45, 2.75) is 60.0 Å². The Bertz CT molecular complexity index is 715. The van der Waals surface area contributed by atoms with Gasteiger partial charge in [-0.05, 0) is 52.9 Å². The first-order valence-corrected chi connectivity index (χ1v) is 10.1. The van der Waals surface area contributed by atoms with E-state index < -0.39 is 0 Å². The van der Waals surface area contributed by atoms with Crippen LogP contribution in [0.1, 0.15) is 56.9 Å². The normalized spacial score (nSPS) is 10.5. The lowest BCUT2D eigenvalue weighted by Gasteiger charge is -2.19. The second-order valence-corrected chi connectivity index (χ2v) is 7.79. The van der Waals surface area contributed by atoms with Crippen LogP contribution in [0.2, 0.25) is 0 Å². The Hall–Kier alpha value is -2.07. The summed E-state index contributed by atoms with van der Waals surface area (Å²) in [5, 5.41) is 10.4. The van der Waals surface area contributed by atoms with Crippen LogP contribution in [0.25, 0.3) is 0 Å². The number of anilines is 1. The summed E-state index contributed by atoms with van der Waals surface area (Å²) < 4.78 is 0. The van der Waals surface area contributed by atoms with Crippen LogP contribution in [-0.2, 0) is 18.5 Å². The highest BCUT2D eigenvalue weighted by Crippen LogP contribution is 2.22. The summed E-state index contributed by atoms with van der Waals surface area (Å²) in [6.45, 7) is 14.2. The summed E-state index contributed by atoms with van der Waals surface area (Å²) in [7, 11) is 1.94. The number of hydrogen-bond acceptors (Lipinski definition) is 2. The van der Waals surface area contributed by atoms with E-state index in [0.717, 1.165) is 18.8 Å². The molecule has 0 amide bonds. The van der Waals surface area contributed by atoms with Crippen LogP contribution < -0.4 is 16.0 Å². The molecule has 0 saturated carbocycles. The number of hydrogen-bond donors (Lipinski definition) is 3. The minimum Gasteiger partial charge on any atom is -0.388 e. The van der Waals surface area contributed by atoms with E-state index in [-0.39, 0.29) is 5.41 Å². The van der Waals surface area contributed by atoms with Crippen LogP contribution in [0.4, 0.5) is 5.69 Å². The van der Waals surface area contributed by atoms with Gasteiger partial charge in [-0.3, -0.25) is 0 Å². The van der Waals surface area contributed by atoms with Gasteiger partial charge in [-0.15, -0.1) is 0 Å². The zero-order valence-corrected chi connectivity index (χ0v) is 18.7. The van der Waals surface area contributed by atoms with Crippen molar-refractivity contribution in [1.82, 2.24) is 10.6 Å². The molecule has 0 radical (unpaired) electrons. The maximum Gasteiger partial charge on any atom is 0.166 e. The van der Waals surface area contributed by atoms with Crippen LogP contribution in [0.3, 0.4) is 0 Å². The molecule has 0 heterocycles. The molecule has 0 bridgehead atoms. The predicted molar refractivity (Wildman–Crippen MR) is 123 cm³/mol. The summed E-state index contributed by atoms with van der Waals surface area (Å²) in [4.78, 5) is 0. The van der Waals surface area contributed by atoms with Crippen LogP contribution in [-0.4, -0.2) is 12.2 Å². The molecule has 0 spiro atoms. The van der Waals surface area contributed by atoms with Gasteiger partial charge in [-0.2, -0.15) is 0 Å². The summed E-state index contributed by atoms with van der Waals surface area (Å²) in [5.41, 5.74) is 6.37. The van der Waals surface area contributed by atoms with E-state index in [4.69, 9.17) is 12.2 Å². The lowest BCUT2D eigenvalue weighted by atomic mass is 9.87. The Balaban J connectivity index is 0.00000176. The quantitative estimate of drug-likeness (QED) is 0.592. The zero-order chi connectivity index (χ0) is 20.4. The van der Waals surface area contributed by atoms with Crippen molar-refractivity contribution in [2.75, 3.05) is 12.4 Å². The van der Waals surface area contributed by atoms with Crippen molar-refractivity contribution in [3.63, 3.8) is 0 Å². The third kappa shape index (κ3) is 7.59. The molecule has 0 atom stereocenters. The predicted octanol–water partition coefficient (Wildman–Crippen LogP) is 5.52. The Kier molecular flexibility index (Phi) is 9.30. The number of thiocarbonyl (C=S) groups is 1. The lowest BCUT2D eigenvalue weighted by Crippen LogP contribution is -2.34. The first kappa shape index (κ1) is 23.0. The minimum absolute atomic E-state index is 0.184. The third-order valence-corrected chi connectivity index (χ3v) is 4.57. The molecule has 0 aromatic heterocycles.